The van der Waals surface area contributed by atoms with Gasteiger partial charge in [-0.2, -0.15) is 0 Å². The van der Waals surface area contributed by atoms with E-state index in [0.717, 1.165) is 6.42 Å². The molecule has 0 bridgehead atoms. The van der Waals surface area contributed by atoms with Crippen LogP contribution in [0.25, 0.3) is 0 Å². The van der Waals surface area contributed by atoms with Gasteiger partial charge in [-0.3, -0.25) is 4.79 Å². The summed E-state index contributed by atoms with van der Waals surface area (Å²) < 4.78 is 13.5. The van der Waals surface area contributed by atoms with Gasteiger partial charge in [0.05, 0.1) is 6.54 Å². The van der Waals surface area contributed by atoms with E-state index in [1.807, 2.05) is 6.92 Å². The summed E-state index contributed by atoms with van der Waals surface area (Å²) in [6.07, 6.45) is 1.23. The molecule has 3 nitrogen and oxygen atoms in total. The summed E-state index contributed by atoms with van der Waals surface area (Å²) in [5, 5.41) is 2.67. The SMILES string of the molecule is CCCC(=O)NCc1cc(C#CCN)ccc1F. The van der Waals surface area contributed by atoms with E-state index in [0.29, 0.717) is 17.5 Å². The lowest BCUT2D eigenvalue weighted by Gasteiger charge is -2.06. The minimum absolute atomic E-state index is 0.0738. The Kier molecular flexibility index (Phi) is 5.89. The second-order valence-electron chi connectivity index (χ2n) is 3.84. The molecular weight excluding hydrogens is 231 g/mol. The number of benzene rings is 1. The molecule has 1 aromatic carbocycles. The first-order valence-corrected chi connectivity index (χ1v) is 5.91. The first kappa shape index (κ1) is 14.2. The van der Waals surface area contributed by atoms with Crippen LogP contribution in [0.5, 0.6) is 0 Å². The highest BCUT2D eigenvalue weighted by Crippen LogP contribution is 2.10. The highest BCUT2D eigenvalue weighted by Gasteiger charge is 2.05. The molecule has 0 aromatic heterocycles. The maximum absolute atomic E-state index is 13.5. The van der Waals surface area contributed by atoms with E-state index in [4.69, 9.17) is 5.73 Å². The first-order chi connectivity index (χ1) is 8.67. The van der Waals surface area contributed by atoms with Crippen molar-refractivity contribution in [3.63, 3.8) is 0 Å². The van der Waals surface area contributed by atoms with E-state index in [9.17, 15) is 9.18 Å². The van der Waals surface area contributed by atoms with Crippen molar-refractivity contribution in [2.75, 3.05) is 6.54 Å². The van der Waals surface area contributed by atoms with Crippen LogP contribution in [0.1, 0.15) is 30.9 Å². The molecule has 4 heteroatoms. The van der Waals surface area contributed by atoms with Gasteiger partial charge in [-0.1, -0.05) is 18.8 Å². The van der Waals surface area contributed by atoms with E-state index in [1.54, 1.807) is 12.1 Å². The van der Waals surface area contributed by atoms with Crippen LogP contribution in [0, 0.1) is 17.7 Å². The lowest BCUT2D eigenvalue weighted by atomic mass is 10.1. The molecule has 18 heavy (non-hydrogen) atoms. The lowest BCUT2D eigenvalue weighted by molar-refractivity contribution is -0.121. The van der Waals surface area contributed by atoms with Gasteiger partial charge in [-0.25, -0.2) is 4.39 Å². The molecule has 0 unspecified atom stereocenters. The molecule has 0 spiro atoms. The van der Waals surface area contributed by atoms with Gasteiger partial charge in [-0.15, -0.1) is 0 Å². The van der Waals surface area contributed by atoms with Gasteiger partial charge in [0, 0.05) is 24.1 Å². The Bertz CT molecular complexity index is 474. The molecule has 0 aliphatic heterocycles. The highest BCUT2D eigenvalue weighted by atomic mass is 19.1. The molecule has 0 fully saturated rings. The van der Waals surface area contributed by atoms with Crippen molar-refractivity contribution in [1.82, 2.24) is 5.32 Å². The van der Waals surface area contributed by atoms with Gasteiger partial charge in [0.25, 0.3) is 0 Å². The Morgan fingerprint density at radius 1 is 1.50 bits per heavy atom. The summed E-state index contributed by atoms with van der Waals surface area (Å²) >= 11 is 0. The largest absolute Gasteiger partial charge is 0.352 e. The Balaban J connectivity index is 2.72. The fourth-order valence-electron chi connectivity index (χ4n) is 1.45. The summed E-state index contributed by atoms with van der Waals surface area (Å²) in [6.45, 7) is 2.37. The average Bonchev–Trinajstić information content (AvgIpc) is 2.36. The van der Waals surface area contributed by atoms with Crippen LogP contribution in [0.2, 0.25) is 0 Å². The number of hydrogen-bond donors (Lipinski definition) is 2. The summed E-state index contributed by atoms with van der Waals surface area (Å²) in [6, 6.07) is 4.57. The summed E-state index contributed by atoms with van der Waals surface area (Å²) in [7, 11) is 0. The maximum Gasteiger partial charge on any atom is 0.220 e. The number of carbonyl (C=O) groups excluding carboxylic acids is 1. The Morgan fingerprint density at radius 2 is 2.28 bits per heavy atom. The van der Waals surface area contributed by atoms with Crippen molar-refractivity contribution in [3.8, 4) is 11.8 Å². The van der Waals surface area contributed by atoms with Crippen molar-refractivity contribution < 1.29 is 9.18 Å². The zero-order valence-electron chi connectivity index (χ0n) is 10.4. The van der Waals surface area contributed by atoms with Crippen molar-refractivity contribution >= 4 is 5.91 Å². The normalized spacial score (nSPS) is 9.50. The summed E-state index contributed by atoms with van der Waals surface area (Å²) in [5.74, 6) is 5.12. The van der Waals surface area contributed by atoms with Gasteiger partial charge in [-0.05, 0) is 24.6 Å². The second kappa shape index (κ2) is 7.46. The number of nitrogens with two attached hydrogens (primary N) is 1. The highest BCUT2D eigenvalue weighted by molar-refractivity contribution is 5.75. The molecule has 0 aliphatic rings. The van der Waals surface area contributed by atoms with Crippen LogP contribution in [0.4, 0.5) is 4.39 Å². The fraction of sp³-hybridized carbons (Fsp3) is 0.357. The molecule has 0 heterocycles. The van der Waals surface area contributed by atoms with E-state index < -0.39 is 0 Å². The average molecular weight is 248 g/mol. The van der Waals surface area contributed by atoms with Crippen molar-refractivity contribution in [1.29, 1.82) is 0 Å². The predicted octanol–water partition coefficient (Wildman–Crippen LogP) is 1.55. The minimum Gasteiger partial charge on any atom is -0.352 e. The van der Waals surface area contributed by atoms with Crippen LogP contribution in [0.3, 0.4) is 0 Å². The third kappa shape index (κ3) is 4.56. The number of halogens is 1. The minimum atomic E-state index is -0.343. The molecule has 3 N–H and O–H groups in total. The van der Waals surface area contributed by atoms with Crippen LogP contribution in [-0.2, 0) is 11.3 Å². The smallest absolute Gasteiger partial charge is 0.220 e. The van der Waals surface area contributed by atoms with Crippen molar-refractivity contribution in [2.45, 2.75) is 26.3 Å². The molecule has 0 atom stereocenters. The quantitative estimate of drug-likeness (QED) is 0.794. The van der Waals surface area contributed by atoms with E-state index in [2.05, 4.69) is 17.2 Å². The topological polar surface area (TPSA) is 55.1 Å². The third-order valence-corrected chi connectivity index (χ3v) is 2.33. The molecule has 1 aromatic rings. The number of nitrogens with one attached hydrogen (secondary N) is 1. The van der Waals surface area contributed by atoms with Gasteiger partial charge < -0.3 is 11.1 Å². The van der Waals surface area contributed by atoms with Gasteiger partial charge in [0.2, 0.25) is 5.91 Å². The third-order valence-electron chi connectivity index (χ3n) is 2.33. The van der Waals surface area contributed by atoms with E-state index in [1.165, 1.54) is 6.07 Å². The molecule has 0 saturated carbocycles. The van der Waals surface area contributed by atoms with Gasteiger partial charge >= 0.3 is 0 Å². The summed E-state index contributed by atoms with van der Waals surface area (Å²) in [4.78, 5) is 11.3. The number of hydrogen-bond acceptors (Lipinski definition) is 2. The number of rotatable bonds is 4. The van der Waals surface area contributed by atoms with Crippen LogP contribution < -0.4 is 11.1 Å². The van der Waals surface area contributed by atoms with Crippen LogP contribution in [0.15, 0.2) is 18.2 Å². The molecule has 96 valence electrons. The Hall–Kier alpha value is -1.86. The number of amides is 1. The molecule has 1 amide bonds. The van der Waals surface area contributed by atoms with Crippen molar-refractivity contribution in [2.24, 2.45) is 5.73 Å². The number of carbonyl (C=O) groups is 1. The Labute approximate surface area is 107 Å². The van der Waals surface area contributed by atoms with Crippen LogP contribution in [-0.4, -0.2) is 12.5 Å². The maximum atomic E-state index is 13.5. The molecule has 0 aliphatic carbocycles. The zero-order chi connectivity index (χ0) is 13.4. The lowest BCUT2D eigenvalue weighted by Crippen LogP contribution is -2.22. The van der Waals surface area contributed by atoms with E-state index >= 15 is 0 Å². The Morgan fingerprint density at radius 3 is 2.94 bits per heavy atom. The standard InChI is InChI=1S/C14H17FN2O/c1-2-4-14(18)17-10-12-9-11(5-3-8-16)6-7-13(12)15/h6-7,9H,2,4,8,10,16H2,1H3,(H,17,18). The first-order valence-electron chi connectivity index (χ1n) is 5.91. The molecular formula is C14H17FN2O. The van der Waals surface area contributed by atoms with Crippen LogP contribution >= 0.6 is 0 Å². The fourth-order valence-corrected chi connectivity index (χ4v) is 1.45. The zero-order valence-corrected chi connectivity index (χ0v) is 10.4. The van der Waals surface area contributed by atoms with Gasteiger partial charge in [0.1, 0.15) is 5.82 Å². The van der Waals surface area contributed by atoms with Crippen molar-refractivity contribution in [3.05, 3.63) is 35.1 Å². The van der Waals surface area contributed by atoms with Gasteiger partial charge in [0.15, 0.2) is 0 Å². The predicted molar refractivity (Wildman–Crippen MR) is 69.1 cm³/mol. The summed E-state index contributed by atoms with van der Waals surface area (Å²) in [5.41, 5.74) is 6.40. The van der Waals surface area contributed by atoms with E-state index in [-0.39, 0.29) is 24.8 Å². The molecule has 0 saturated heterocycles. The molecule has 0 radical (unpaired) electrons. The second-order valence-corrected chi connectivity index (χ2v) is 3.84. The molecule has 1 rings (SSSR count). The monoisotopic (exact) mass is 248 g/mol.